The van der Waals surface area contributed by atoms with Crippen molar-refractivity contribution in [2.45, 2.75) is 58.0 Å². The highest BCUT2D eigenvalue weighted by Gasteiger charge is 2.34. The quantitative estimate of drug-likeness (QED) is 0.320. The van der Waals surface area contributed by atoms with Gasteiger partial charge in [0.15, 0.2) is 5.96 Å². The van der Waals surface area contributed by atoms with Crippen LogP contribution in [0, 0.1) is 5.41 Å². The van der Waals surface area contributed by atoms with E-state index in [0.717, 1.165) is 51.5 Å². The molecule has 0 bridgehead atoms. The molecule has 140 valence electrons. The van der Waals surface area contributed by atoms with Crippen LogP contribution in [0.15, 0.2) is 4.99 Å². The maximum Gasteiger partial charge on any atom is 0.191 e. The van der Waals surface area contributed by atoms with E-state index in [4.69, 9.17) is 14.5 Å². The first-order valence-corrected chi connectivity index (χ1v) is 9.60. The molecule has 0 radical (unpaired) electrons. The predicted octanol–water partition coefficient (Wildman–Crippen LogP) is 1.68. The zero-order valence-corrected chi connectivity index (χ0v) is 15.2. The van der Waals surface area contributed by atoms with Gasteiger partial charge in [-0.3, -0.25) is 4.99 Å². The molecule has 1 unspecified atom stereocenters. The first kappa shape index (κ1) is 19.5. The third kappa shape index (κ3) is 6.57. The molecule has 1 saturated carbocycles. The second-order valence-corrected chi connectivity index (χ2v) is 7.03. The molecule has 2 rings (SSSR count). The summed E-state index contributed by atoms with van der Waals surface area (Å²) in [7, 11) is 0. The van der Waals surface area contributed by atoms with Crippen molar-refractivity contribution in [3.05, 3.63) is 0 Å². The van der Waals surface area contributed by atoms with E-state index in [9.17, 15) is 5.11 Å². The Morgan fingerprint density at radius 2 is 2.17 bits per heavy atom. The van der Waals surface area contributed by atoms with E-state index in [0.29, 0.717) is 19.3 Å². The highest BCUT2D eigenvalue weighted by Crippen LogP contribution is 2.32. The number of rotatable bonds is 10. The van der Waals surface area contributed by atoms with Crippen molar-refractivity contribution in [3.8, 4) is 0 Å². The van der Waals surface area contributed by atoms with Crippen LogP contribution in [-0.2, 0) is 9.47 Å². The van der Waals surface area contributed by atoms with Crippen molar-refractivity contribution in [1.29, 1.82) is 0 Å². The lowest BCUT2D eigenvalue weighted by atomic mass is 9.84. The minimum absolute atomic E-state index is 0.00266. The normalized spacial score (nSPS) is 25.3. The van der Waals surface area contributed by atoms with Gasteiger partial charge in [0.05, 0.1) is 19.3 Å². The second kappa shape index (κ2) is 10.9. The summed E-state index contributed by atoms with van der Waals surface area (Å²) in [5.41, 5.74) is 0.00266. The van der Waals surface area contributed by atoms with E-state index in [-0.39, 0.29) is 12.0 Å². The number of guanidine groups is 1. The van der Waals surface area contributed by atoms with Gasteiger partial charge in [-0.25, -0.2) is 0 Å². The van der Waals surface area contributed by atoms with Gasteiger partial charge in [-0.05, 0) is 39.0 Å². The lowest BCUT2D eigenvalue weighted by Gasteiger charge is -2.24. The van der Waals surface area contributed by atoms with E-state index >= 15 is 0 Å². The Morgan fingerprint density at radius 1 is 1.33 bits per heavy atom. The van der Waals surface area contributed by atoms with Crippen molar-refractivity contribution in [3.63, 3.8) is 0 Å². The Hall–Kier alpha value is -0.850. The van der Waals surface area contributed by atoms with Crippen molar-refractivity contribution in [2.75, 3.05) is 46.1 Å². The van der Waals surface area contributed by atoms with Gasteiger partial charge >= 0.3 is 0 Å². The summed E-state index contributed by atoms with van der Waals surface area (Å²) < 4.78 is 11.4. The first-order valence-electron chi connectivity index (χ1n) is 9.60. The number of aliphatic hydroxyl groups excluding tert-OH is 1. The Bertz CT molecular complexity index is 365. The first-order chi connectivity index (χ1) is 11.8. The van der Waals surface area contributed by atoms with Gasteiger partial charge in [-0.15, -0.1) is 0 Å². The van der Waals surface area contributed by atoms with Gasteiger partial charge in [-0.1, -0.05) is 12.8 Å². The molecule has 2 aliphatic rings. The lowest BCUT2D eigenvalue weighted by Crippen LogP contribution is -2.39. The fourth-order valence-corrected chi connectivity index (χ4v) is 3.46. The number of aliphatic hydroxyl groups is 1. The smallest absolute Gasteiger partial charge is 0.191 e. The third-order valence-corrected chi connectivity index (χ3v) is 5.01. The van der Waals surface area contributed by atoms with Gasteiger partial charge < -0.3 is 25.2 Å². The molecular weight excluding hydrogens is 306 g/mol. The standard InChI is InChI=1S/C18H35N3O3/c1-2-19-17(20-10-5-12-24-16-6-3-4-7-16)21-14-18(8-11-22)9-13-23-15-18/h16,22H,2-15H2,1H3,(H2,19,20,21). The van der Waals surface area contributed by atoms with Crippen LogP contribution in [0.5, 0.6) is 0 Å². The molecule has 1 heterocycles. The van der Waals surface area contributed by atoms with E-state index in [1.807, 2.05) is 0 Å². The van der Waals surface area contributed by atoms with Crippen LogP contribution in [0.1, 0.15) is 51.9 Å². The molecule has 6 heteroatoms. The highest BCUT2D eigenvalue weighted by atomic mass is 16.5. The summed E-state index contributed by atoms with van der Waals surface area (Å²) in [6.07, 6.45) is 8.31. The molecule has 1 aliphatic heterocycles. The Balaban J connectivity index is 1.69. The Morgan fingerprint density at radius 3 is 2.83 bits per heavy atom. The van der Waals surface area contributed by atoms with Crippen molar-refractivity contribution >= 4 is 5.96 Å². The molecule has 1 atom stereocenters. The molecule has 0 aromatic carbocycles. The number of hydrogen-bond acceptors (Lipinski definition) is 4. The van der Waals surface area contributed by atoms with Gasteiger partial charge in [-0.2, -0.15) is 0 Å². The van der Waals surface area contributed by atoms with E-state index in [2.05, 4.69) is 17.6 Å². The largest absolute Gasteiger partial charge is 0.396 e. The number of aliphatic imine (C=N–C) groups is 1. The molecule has 1 aliphatic carbocycles. The topological polar surface area (TPSA) is 75.1 Å². The summed E-state index contributed by atoms with van der Waals surface area (Å²) >= 11 is 0. The summed E-state index contributed by atoms with van der Waals surface area (Å²) in [5.74, 6) is 0.850. The van der Waals surface area contributed by atoms with Crippen LogP contribution in [0.25, 0.3) is 0 Å². The van der Waals surface area contributed by atoms with E-state index in [1.165, 1.54) is 25.7 Å². The second-order valence-electron chi connectivity index (χ2n) is 7.03. The average molecular weight is 341 g/mol. The molecule has 3 N–H and O–H groups in total. The van der Waals surface area contributed by atoms with Crippen LogP contribution in [0.3, 0.4) is 0 Å². The fraction of sp³-hybridized carbons (Fsp3) is 0.944. The maximum atomic E-state index is 9.30. The predicted molar refractivity (Wildman–Crippen MR) is 96.4 cm³/mol. The molecule has 2 fully saturated rings. The molecule has 0 aromatic heterocycles. The molecule has 0 amide bonds. The van der Waals surface area contributed by atoms with Crippen LogP contribution >= 0.6 is 0 Å². The number of hydrogen-bond donors (Lipinski definition) is 3. The minimum Gasteiger partial charge on any atom is -0.396 e. The van der Waals surface area contributed by atoms with E-state index in [1.54, 1.807) is 0 Å². The molecule has 6 nitrogen and oxygen atoms in total. The maximum absolute atomic E-state index is 9.30. The lowest BCUT2D eigenvalue weighted by molar-refractivity contribution is 0.0574. The Labute approximate surface area is 146 Å². The molecule has 0 spiro atoms. The van der Waals surface area contributed by atoms with E-state index < -0.39 is 0 Å². The minimum atomic E-state index is 0.00266. The summed E-state index contributed by atoms with van der Waals surface area (Å²) in [6, 6.07) is 0. The summed E-state index contributed by atoms with van der Waals surface area (Å²) in [6.45, 7) is 6.96. The Kier molecular flexibility index (Phi) is 8.84. The summed E-state index contributed by atoms with van der Waals surface area (Å²) in [5, 5.41) is 16.0. The number of nitrogens with one attached hydrogen (secondary N) is 2. The van der Waals surface area contributed by atoms with Crippen LogP contribution in [-0.4, -0.2) is 63.2 Å². The van der Waals surface area contributed by atoms with Crippen molar-refractivity contribution in [2.24, 2.45) is 10.4 Å². The van der Waals surface area contributed by atoms with Gasteiger partial charge in [0.1, 0.15) is 0 Å². The van der Waals surface area contributed by atoms with Gasteiger partial charge in [0, 0.05) is 38.3 Å². The average Bonchev–Trinajstić information content (AvgIpc) is 3.25. The zero-order chi connectivity index (χ0) is 17.1. The zero-order valence-electron chi connectivity index (χ0n) is 15.2. The fourth-order valence-electron chi connectivity index (χ4n) is 3.46. The molecule has 24 heavy (non-hydrogen) atoms. The summed E-state index contributed by atoms with van der Waals surface area (Å²) in [4.78, 5) is 4.72. The van der Waals surface area contributed by atoms with Crippen molar-refractivity contribution < 1.29 is 14.6 Å². The SMILES string of the molecule is CCNC(=NCC1(CCO)CCOC1)NCCCOC1CCCC1. The van der Waals surface area contributed by atoms with Crippen LogP contribution in [0.4, 0.5) is 0 Å². The monoisotopic (exact) mass is 341 g/mol. The third-order valence-electron chi connectivity index (χ3n) is 5.01. The number of nitrogens with zero attached hydrogens (tertiary/aromatic N) is 1. The van der Waals surface area contributed by atoms with Crippen LogP contribution in [0.2, 0.25) is 0 Å². The van der Waals surface area contributed by atoms with Crippen LogP contribution < -0.4 is 10.6 Å². The van der Waals surface area contributed by atoms with Crippen molar-refractivity contribution in [1.82, 2.24) is 10.6 Å². The molecule has 1 saturated heterocycles. The molecular formula is C18H35N3O3. The highest BCUT2D eigenvalue weighted by molar-refractivity contribution is 5.79. The number of ether oxygens (including phenoxy) is 2. The van der Waals surface area contributed by atoms with Gasteiger partial charge in [0.2, 0.25) is 0 Å². The molecule has 0 aromatic rings. The van der Waals surface area contributed by atoms with Gasteiger partial charge in [0.25, 0.3) is 0 Å².